The Morgan fingerprint density at radius 2 is 1.36 bits per heavy atom. The lowest BCUT2D eigenvalue weighted by molar-refractivity contribution is 0.0746. The predicted molar refractivity (Wildman–Crippen MR) is 112 cm³/mol. The highest BCUT2D eigenvalue weighted by molar-refractivity contribution is 5.95. The highest BCUT2D eigenvalue weighted by Crippen LogP contribution is 2.25. The van der Waals surface area contributed by atoms with Crippen LogP contribution in [0.15, 0.2) is 78.9 Å². The maximum Gasteiger partial charge on any atom is 0.254 e. The van der Waals surface area contributed by atoms with Crippen molar-refractivity contribution in [2.24, 2.45) is 0 Å². The summed E-state index contributed by atoms with van der Waals surface area (Å²) in [5, 5.41) is 0. The van der Waals surface area contributed by atoms with Crippen molar-refractivity contribution in [2.75, 3.05) is 31.1 Å². The van der Waals surface area contributed by atoms with Crippen LogP contribution < -0.4 is 9.64 Å². The molecule has 3 aromatic carbocycles. The van der Waals surface area contributed by atoms with E-state index in [1.54, 1.807) is 0 Å². The molecule has 28 heavy (non-hydrogen) atoms. The molecule has 0 spiro atoms. The third-order valence-electron chi connectivity index (χ3n) is 5.12. The Labute approximate surface area is 166 Å². The van der Waals surface area contributed by atoms with Crippen molar-refractivity contribution in [1.82, 2.24) is 4.90 Å². The standard InChI is InChI=1S/C24H24N2O2/c1-19-7-5-6-10-23(19)24(27)26-17-15-25(16-18-26)20-11-13-22(14-12-20)28-21-8-3-2-4-9-21/h2-14H,15-18H2,1H3. The molecule has 0 unspecified atom stereocenters. The van der Waals surface area contributed by atoms with Crippen molar-refractivity contribution in [3.05, 3.63) is 90.0 Å². The van der Waals surface area contributed by atoms with Gasteiger partial charge in [-0.15, -0.1) is 0 Å². The summed E-state index contributed by atoms with van der Waals surface area (Å²) < 4.78 is 5.86. The van der Waals surface area contributed by atoms with Gasteiger partial charge < -0.3 is 14.5 Å². The normalized spacial score (nSPS) is 14.0. The largest absolute Gasteiger partial charge is 0.457 e. The van der Waals surface area contributed by atoms with Gasteiger partial charge in [-0.1, -0.05) is 36.4 Å². The van der Waals surface area contributed by atoms with Crippen LogP contribution in [0.2, 0.25) is 0 Å². The fourth-order valence-electron chi connectivity index (χ4n) is 3.50. The zero-order valence-corrected chi connectivity index (χ0v) is 16.0. The number of anilines is 1. The smallest absolute Gasteiger partial charge is 0.254 e. The number of aryl methyl sites for hydroxylation is 1. The number of piperazine rings is 1. The minimum absolute atomic E-state index is 0.129. The number of benzene rings is 3. The van der Waals surface area contributed by atoms with Crippen LogP contribution in [-0.4, -0.2) is 37.0 Å². The zero-order chi connectivity index (χ0) is 19.3. The van der Waals surface area contributed by atoms with E-state index in [9.17, 15) is 4.79 Å². The van der Waals surface area contributed by atoms with E-state index >= 15 is 0 Å². The molecular formula is C24H24N2O2. The van der Waals surface area contributed by atoms with E-state index in [1.807, 2.05) is 78.6 Å². The summed E-state index contributed by atoms with van der Waals surface area (Å²) in [4.78, 5) is 17.0. The average molecular weight is 372 g/mol. The molecule has 0 aromatic heterocycles. The lowest BCUT2D eigenvalue weighted by atomic mass is 10.1. The van der Waals surface area contributed by atoms with Gasteiger partial charge in [0, 0.05) is 37.4 Å². The number of nitrogens with zero attached hydrogens (tertiary/aromatic N) is 2. The second-order valence-corrected chi connectivity index (χ2v) is 7.00. The van der Waals surface area contributed by atoms with E-state index in [-0.39, 0.29) is 5.91 Å². The molecule has 4 nitrogen and oxygen atoms in total. The molecule has 4 rings (SSSR count). The number of ether oxygens (including phenoxy) is 1. The van der Waals surface area contributed by atoms with Crippen molar-refractivity contribution in [3.8, 4) is 11.5 Å². The molecule has 1 saturated heterocycles. The first kappa shape index (κ1) is 18.1. The molecule has 0 bridgehead atoms. The molecule has 1 aliphatic heterocycles. The number of carbonyl (C=O) groups is 1. The molecule has 4 heteroatoms. The SMILES string of the molecule is Cc1ccccc1C(=O)N1CCN(c2ccc(Oc3ccccc3)cc2)CC1. The molecule has 0 saturated carbocycles. The predicted octanol–water partition coefficient (Wildman–Crippen LogP) is 4.75. The van der Waals surface area contributed by atoms with Gasteiger partial charge in [-0.25, -0.2) is 0 Å². The van der Waals surface area contributed by atoms with Crippen LogP contribution in [0.1, 0.15) is 15.9 Å². The fourth-order valence-corrected chi connectivity index (χ4v) is 3.50. The topological polar surface area (TPSA) is 32.8 Å². The summed E-state index contributed by atoms with van der Waals surface area (Å²) in [6.45, 7) is 5.11. The monoisotopic (exact) mass is 372 g/mol. The molecule has 1 aliphatic rings. The van der Waals surface area contributed by atoms with Crippen molar-refractivity contribution in [1.29, 1.82) is 0 Å². The molecule has 0 N–H and O–H groups in total. The van der Waals surface area contributed by atoms with E-state index < -0.39 is 0 Å². The molecule has 0 radical (unpaired) electrons. The maximum atomic E-state index is 12.8. The van der Waals surface area contributed by atoms with Gasteiger partial charge in [-0.2, -0.15) is 0 Å². The molecule has 0 atom stereocenters. The number of hydrogen-bond donors (Lipinski definition) is 0. The summed E-state index contributed by atoms with van der Waals surface area (Å²) in [6.07, 6.45) is 0. The third kappa shape index (κ3) is 4.01. The molecule has 0 aliphatic carbocycles. The number of hydrogen-bond acceptors (Lipinski definition) is 3. The lowest BCUT2D eigenvalue weighted by Crippen LogP contribution is -2.48. The summed E-state index contributed by atoms with van der Waals surface area (Å²) in [6, 6.07) is 25.7. The minimum atomic E-state index is 0.129. The van der Waals surface area contributed by atoms with Crippen LogP contribution in [0.25, 0.3) is 0 Å². The van der Waals surface area contributed by atoms with E-state index in [2.05, 4.69) is 17.0 Å². The molecule has 3 aromatic rings. The summed E-state index contributed by atoms with van der Waals surface area (Å²) in [5.41, 5.74) is 2.99. The molecule has 1 fully saturated rings. The van der Waals surface area contributed by atoms with Crippen LogP contribution >= 0.6 is 0 Å². The summed E-state index contributed by atoms with van der Waals surface area (Å²) in [7, 11) is 0. The Kier molecular flexibility index (Phi) is 5.29. The van der Waals surface area contributed by atoms with E-state index in [1.165, 1.54) is 0 Å². The lowest BCUT2D eigenvalue weighted by Gasteiger charge is -2.36. The van der Waals surface area contributed by atoms with Gasteiger partial charge in [0.05, 0.1) is 0 Å². The quantitative estimate of drug-likeness (QED) is 0.663. The second-order valence-electron chi connectivity index (χ2n) is 7.00. The Morgan fingerprint density at radius 3 is 2.04 bits per heavy atom. The number of amides is 1. The highest BCUT2D eigenvalue weighted by atomic mass is 16.5. The van der Waals surface area contributed by atoms with Crippen LogP contribution in [-0.2, 0) is 0 Å². The van der Waals surface area contributed by atoms with Crippen LogP contribution in [0.3, 0.4) is 0 Å². The van der Waals surface area contributed by atoms with Crippen molar-refractivity contribution in [3.63, 3.8) is 0 Å². The average Bonchev–Trinajstić information content (AvgIpc) is 2.75. The second kappa shape index (κ2) is 8.17. The van der Waals surface area contributed by atoms with E-state index in [0.29, 0.717) is 0 Å². The summed E-state index contributed by atoms with van der Waals surface area (Å²) in [5.74, 6) is 1.78. The van der Waals surface area contributed by atoms with E-state index in [0.717, 1.165) is 54.5 Å². The molecule has 142 valence electrons. The zero-order valence-electron chi connectivity index (χ0n) is 16.0. The van der Waals surface area contributed by atoms with Gasteiger partial charge in [0.2, 0.25) is 0 Å². The molecule has 1 heterocycles. The molecule has 1 amide bonds. The number of rotatable bonds is 4. The first-order valence-corrected chi connectivity index (χ1v) is 9.63. The van der Waals surface area contributed by atoms with Gasteiger partial charge in [-0.05, 0) is 55.0 Å². The first-order valence-electron chi connectivity index (χ1n) is 9.63. The third-order valence-corrected chi connectivity index (χ3v) is 5.12. The van der Waals surface area contributed by atoms with Crippen molar-refractivity contribution in [2.45, 2.75) is 6.92 Å². The van der Waals surface area contributed by atoms with Gasteiger partial charge >= 0.3 is 0 Å². The first-order chi connectivity index (χ1) is 13.7. The van der Waals surface area contributed by atoms with Crippen LogP contribution in [0.5, 0.6) is 11.5 Å². The van der Waals surface area contributed by atoms with Gasteiger partial charge in [0.15, 0.2) is 0 Å². The Morgan fingerprint density at radius 1 is 0.750 bits per heavy atom. The fraction of sp³-hybridized carbons (Fsp3) is 0.208. The van der Waals surface area contributed by atoms with E-state index in [4.69, 9.17) is 4.74 Å². The van der Waals surface area contributed by atoms with Crippen LogP contribution in [0, 0.1) is 6.92 Å². The Hall–Kier alpha value is -3.27. The number of para-hydroxylation sites is 1. The number of carbonyl (C=O) groups excluding carboxylic acids is 1. The maximum absolute atomic E-state index is 12.8. The Balaban J connectivity index is 1.36. The van der Waals surface area contributed by atoms with Gasteiger partial charge in [0.25, 0.3) is 5.91 Å². The van der Waals surface area contributed by atoms with Crippen molar-refractivity contribution < 1.29 is 9.53 Å². The summed E-state index contributed by atoms with van der Waals surface area (Å²) >= 11 is 0. The minimum Gasteiger partial charge on any atom is -0.457 e. The highest BCUT2D eigenvalue weighted by Gasteiger charge is 2.23. The van der Waals surface area contributed by atoms with Crippen molar-refractivity contribution >= 4 is 11.6 Å². The Bertz CT molecular complexity index is 930. The van der Waals surface area contributed by atoms with Gasteiger partial charge in [0.1, 0.15) is 11.5 Å². The molecular weight excluding hydrogens is 348 g/mol. The van der Waals surface area contributed by atoms with Gasteiger partial charge in [-0.3, -0.25) is 4.79 Å². The van der Waals surface area contributed by atoms with Crippen LogP contribution in [0.4, 0.5) is 5.69 Å².